The lowest BCUT2D eigenvalue weighted by Gasteiger charge is -2.29. The molecular formula is C23H28BrClN2O3. The van der Waals surface area contributed by atoms with Crippen LogP contribution in [-0.4, -0.2) is 41.9 Å². The summed E-state index contributed by atoms with van der Waals surface area (Å²) in [5.41, 5.74) is 1.10. The summed E-state index contributed by atoms with van der Waals surface area (Å²) < 4.78 is 6.47. The molecule has 2 rings (SSSR count). The highest BCUT2D eigenvalue weighted by Gasteiger charge is 2.26. The SMILES string of the molecule is CC[C@H](C)NC(=O)[C@H](C)N(CCc1ccccc1)C(=O)COc1ccc(Br)cc1Cl. The minimum Gasteiger partial charge on any atom is -0.482 e. The summed E-state index contributed by atoms with van der Waals surface area (Å²) in [5, 5.41) is 3.36. The van der Waals surface area contributed by atoms with E-state index >= 15 is 0 Å². The minimum absolute atomic E-state index is 0.0452. The van der Waals surface area contributed by atoms with Gasteiger partial charge in [-0.25, -0.2) is 0 Å². The molecule has 0 aliphatic carbocycles. The predicted octanol–water partition coefficient (Wildman–Crippen LogP) is 4.86. The maximum Gasteiger partial charge on any atom is 0.261 e. The quantitative estimate of drug-likeness (QED) is 0.512. The van der Waals surface area contributed by atoms with Gasteiger partial charge in [-0.1, -0.05) is 64.8 Å². The van der Waals surface area contributed by atoms with Crippen molar-refractivity contribution < 1.29 is 14.3 Å². The van der Waals surface area contributed by atoms with Gasteiger partial charge in [-0.3, -0.25) is 9.59 Å². The highest BCUT2D eigenvalue weighted by molar-refractivity contribution is 9.10. The fraction of sp³-hybridized carbons (Fsp3) is 0.391. The lowest BCUT2D eigenvalue weighted by molar-refractivity contribution is -0.141. The van der Waals surface area contributed by atoms with Gasteiger partial charge in [-0.15, -0.1) is 0 Å². The van der Waals surface area contributed by atoms with Crippen molar-refractivity contribution in [3.05, 3.63) is 63.6 Å². The zero-order chi connectivity index (χ0) is 22.1. The number of carbonyl (C=O) groups excluding carboxylic acids is 2. The normalized spacial score (nSPS) is 12.7. The first-order valence-electron chi connectivity index (χ1n) is 10.0. The standard InChI is InChI=1S/C23H28BrClN2O3/c1-4-16(2)26-23(29)17(3)27(13-12-18-8-6-5-7-9-18)22(28)15-30-21-11-10-19(24)14-20(21)25/h5-11,14,16-17H,4,12-13,15H2,1-3H3,(H,26,29)/t16-,17-/m0/s1. The van der Waals surface area contributed by atoms with Crippen molar-refractivity contribution in [1.82, 2.24) is 10.2 Å². The molecule has 5 nitrogen and oxygen atoms in total. The maximum absolute atomic E-state index is 13.0. The Balaban J connectivity index is 2.09. The third-order valence-corrected chi connectivity index (χ3v) is 5.69. The van der Waals surface area contributed by atoms with Crippen molar-refractivity contribution in [2.45, 2.75) is 45.7 Å². The number of nitrogens with one attached hydrogen (secondary N) is 1. The van der Waals surface area contributed by atoms with Crippen molar-refractivity contribution >= 4 is 39.3 Å². The van der Waals surface area contributed by atoms with Crippen LogP contribution in [0.3, 0.4) is 0 Å². The molecule has 2 amide bonds. The molecule has 0 saturated carbocycles. The molecule has 30 heavy (non-hydrogen) atoms. The molecular weight excluding hydrogens is 468 g/mol. The van der Waals surface area contributed by atoms with Crippen LogP contribution in [0, 0.1) is 0 Å². The third-order valence-electron chi connectivity index (χ3n) is 4.90. The summed E-state index contributed by atoms with van der Waals surface area (Å²) in [5.74, 6) is -0.0166. The zero-order valence-corrected chi connectivity index (χ0v) is 19.9. The first-order chi connectivity index (χ1) is 14.3. The molecule has 1 N–H and O–H groups in total. The minimum atomic E-state index is -0.612. The number of amides is 2. The molecule has 2 aromatic rings. The summed E-state index contributed by atoms with van der Waals surface area (Å²) >= 11 is 9.52. The molecule has 0 fully saturated rings. The molecule has 0 aromatic heterocycles. The largest absolute Gasteiger partial charge is 0.482 e. The van der Waals surface area contributed by atoms with E-state index in [1.54, 1.807) is 30.0 Å². The van der Waals surface area contributed by atoms with Gasteiger partial charge in [0, 0.05) is 17.1 Å². The van der Waals surface area contributed by atoms with Gasteiger partial charge < -0.3 is 15.0 Å². The van der Waals surface area contributed by atoms with E-state index in [1.165, 1.54) is 0 Å². The van der Waals surface area contributed by atoms with Crippen LogP contribution >= 0.6 is 27.5 Å². The molecule has 162 valence electrons. The van der Waals surface area contributed by atoms with E-state index in [1.807, 2.05) is 44.2 Å². The summed E-state index contributed by atoms with van der Waals surface area (Å²) in [6.45, 7) is 5.91. The fourth-order valence-electron chi connectivity index (χ4n) is 2.85. The van der Waals surface area contributed by atoms with Crippen LogP contribution in [0.25, 0.3) is 0 Å². The molecule has 7 heteroatoms. The lowest BCUT2D eigenvalue weighted by atomic mass is 10.1. The van der Waals surface area contributed by atoms with Crippen molar-refractivity contribution in [2.75, 3.05) is 13.2 Å². The summed E-state index contributed by atoms with van der Waals surface area (Å²) in [7, 11) is 0. The topological polar surface area (TPSA) is 58.6 Å². The molecule has 0 aliphatic rings. The van der Waals surface area contributed by atoms with E-state index in [0.29, 0.717) is 23.7 Å². The van der Waals surface area contributed by atoms with Crippen LogP contribution in [0.2, 0.25) is 5.02 Å². The Bertz CT molecular complexity index is 848. The Morgan fingerprint density at radius 3 is 2.50 bits per heavy atom. The number of hydrogen-bond acceptors (Lipinski definition) is 3. The Morgan fingerprint density at radius 2 is 1.87 bits per heavy atom. The van der Waals surface area contributed by atoms with Crippen LogP contribution in [0.5, 0.6) is 5.75 Å². The number of benzene rings is 2. The van der Waals surface area contributed by atoms with E-state index in [0.717, 1.165) is 16.5 Å². The van der Waals surface area contributed by atoms with E-state index in [-0.39, 0.29) is 24.5 Å². The molecule has 0 saturated heterocycles. The second-order valence-electron chi connectivity index (χ2n) is 7.18. The first kappa shape index (κ1) is 24.2. The molecule has 2 aromatic carbocycles. The smallest absolute Gasteiger partial charge is 0.261 e. The molecule has 0 heterocycles. The highest BCUT2D eigenvalue weighted by atomic mass is 79.9. The van der Waals surface area contributed by atoms with Crippen LogP contribution < -0.4 is 10.1 Å². The van der Waals surface area contributed by atoms with Gasteiger partial charge in [-0.05, 0) is 50.5 Å². The number of hydrogen-bond donors (Lipinski definition) is 1. The predicted molar refractivity (Wildman–Crippen MR) is 124 cm³/mol. The number of halogens is 2. The summed E-state index contributed by atoms with van der Waals surface area (Å²) in [6, 6.07) is 14.5. The molecule has 0 bridgehead atoms. The van der Waals surface area contributed by atoms with Gasteiger partial charge in [0.2, 0.25) is 5.91 Å². The first-order valence-corrected chi connectivity index (χ1v) is 11.2. The van der Waals surface area contributed by atoms with E-state index in [9.17, 15) is 9.59 Å². The van der Waals surface area contributed by atoms with Crippen LogP contribution in [0.1, 0.15) is 32.8 Å². The van der Waals surface area contributed by atoms with Gasteiger partial charge in [0.25, 0.3) is 5.91 Å². The second-order valence-corrected chi connectivity index (χ2v) is 8.50. The zero-order valence-electron chi connectivity index (χ0n) is 17.5. The molecule has 0 unspecified atom stereocenters. The molecule has 0 aliphatic heterocycles. The van der Waals surface area contributed by atoms with Crippen LogP contribution in [0.15, 0.2) is 53.0 Å². The molecule has 2 atom stereocenters. The van der Waals surface area contributed by atoms with Crippen LogP contribution in [-0.2, 0) is 16.0 Å². The number of carbonyl (C=O) groups is 2. The number of rotatable bonds is 10. The monoisotopic (exact) mass is 494 g/mol. The third kappa shape index (κ3) is 7.33. The number of ether oxygens (including phenoxy) is 1. The fourth-order valence-corrected chi connectivity index (χ4v) is 3.58. The summed E-state index contributed by atoms with van der Waals surface area (Å²) in [6.07, 6.45) is 1.47. The van der Waals surface area contributed by atoms with Crippen molar-refractivity contribution in [3.8, 4) is 5.75 Å². The molecule has 0 radical (unpaired) electrons. The Morgan fingerprint density at radius 1 is 1.17 bits per heavy atom. The van der Waals surface area contributed by atoms with E-state index in [2.05, 4.69) is 21.2 Å². The van der Waals surface area contributed by atoms with Gasteiger partial charge >= 0.3 is 0 Å². The maximum atomic E-state index is 13.0. The van der Waals surface area contributed by atoms with E-state index in [4.69, 9.17) is 16.3 Å². The number of nitrogens with zero attached hydrogens (tertiary/aromatic N) is 1. The van der Waals surface area contributed by atoms with E-state index < -0.39 is 6.04 Å². The van der Waals surface area contributed by atoms with Gasteiger partial charge in [-0.2, -0.15) is 0 Å². The van der Waals surface area contributed by atoms with Gasteiger partial charge in [0.15, 0.2) is 6.61 Å². The van der Waals surface area contributed by atoms with Crippen LogP contribution in [0.4, 0.5) is 0 Å². The van der Waals surface area contributed by atoms with Crippen molar-refractivity contribution in [1.29, 1.82) is 0 Å². The Labute approximate surface area is 191 Å². The molecule has 0 spiro atoms. The average molecular weight is 496 g/mol. The Hall–Kier alpha value is -2.05. The summed E-state index contributed by atoms with van der Waals surface area (Å²) in [4.78, 5) is 27.2. The van der Waals surface area contributed by atoms with Gasteiger partial charge in [0.1, 0.15) is 11.8 Å². The average Bonchev–Trinajstić information content (AvgIpc) is 2.73. The second kappa shape index (κ2) is 12.0. The van der Waals surface area contributed by atoms with Crippen molar-refractivity contribution in [2.24, 2.45) is 0 Å². The van der Waals surface area contributed by atoms with Gasteiger partial charge in [0.05, 0.1) is 5.02 Å². The Kier molecular flexibility index (Phi) is 9.66. The highest BCUT2D eigenvalue weighted by Crippen LogP contribution is 2.27. The van der Waals surface area contributed by atoms with Crippen molar-refractivity contribution in [3.63, 3.8) is 0 Å². The lowest BCUT2D eigenvalue weighted by Crippen LogP contribution is -2.51.